The number of nitrogen functional groups attached to an aromatic ring is 1. The monoisotopic (exact) mass is 359 g/mol. The molecule has 1 aromatic heterocycles. The van der Waals surface area contributed by atoms with Crippen molar-refractivity contribution >= 4 is 45.4 Å². The summed E-state index contributed by atoms with van der Waals surface area (Å²) in [7, 11) is 0. The van der Waals surface area contributed by atoms with Crippen LogP contribution in [0.5, 0.6) is 0 Å². The predicted molar refractivity (Wildman–Crippen MR) is 97.8 cm³/mol. The number of hydrogen-bond donors (Lipinski definition) is 1. The molecule has 114 valence electrons. The van der Waals surface area contributed by atoms with Crippen molar-refractivity contribution in [2.45, 2.75) is 6.54 Å². The third-order valence-corrected chi connectivity index (χ3v) is 5.15. The van der Waals surface area contributed by atoms with Crippen molar-refractivity contribution in [3.8, 4) is 11.3 Å². The lowest BCUT2D eigenvalue weighted by Crippen LogP contribution is -2.05. The lowest BCUT2D eigenvalue weighted by atomic mass is 9.96. The Hall–Kier alpha value is -1.88. The molecule has 0 saturated carbocycles. The Morgan fingerprint density at radius 2 is 1.83 bits per heavy atom. The molecule has 4 rings (SSSR count). The van der Waals surface area contributed by atoms with Crippen molar-refractivity contribution in [2.24, 2.45) is 4.99 Å². The summed E-state index contributed by atoms with van der Waals surface area (Å²) in [6.45, 7) is 0.525. The van der Waals surface area contributed by atoms with Crippen molar-refractivity contribution in [1.82, 2.24) is 4.98 Å². The van der Waals surface area contributed by atoms with Crippen molar-refractivity contribution < 1.29 is 0 Å². The normalized spacial score (nSPS) is 13.0. The second-order valence-electron chi connectivity index (χ2n) is 5.16. The summed E-state index contributed by atoms with van der Waals surface area (Å²) in [5.41, 5.74) is 10.4. The topological polar surface area (TPSA) is 51.3 Å². The van der Waals surface area contributed by atoms with Crippen LogP contribution in [0, 0.1) is 0 Å². The second kappa shape index (κ2) is 5.64. The van der Waals surface area contributed by atoms with Crippen LogP contribution in [0.2, 0.25) is 10.0 Å². The van der Waals surface area contributed by atoms with Crippen LogP contribution in [0.4, 0.5) is 5.13 Å². The van der Waals surface area contributed by atoms with Crippen molar-refractivity contribution in [3.05, 3.63) is 68.5 Å². The minimum atomic E-state index is 0.525. The lowest BCUT2D eigenvalue weighted by molar-refractivity contribution is 1.10. The van der Waals surface area contributed by atoms with Crippen molar-refractivity contribution in [3.63, 3.8) is 0 Å². The zero-order valence-electron chi connectivity index (χ0n) is 11.9. The molecule has 0 fully saturated rings. The Labute approximate surface area is 147 Å². The summed E-state index contributed by atoms with van der Waals surface area (Å²) >= 11 is 14.1. The number of benzene rings is 2. The van der Waals surface area contributed by atoms with Crippen molar-refractivity contribution in [1.29, 1.82) is 0 Å². The number of aliphatic imine (C=N–C) groups is 1. The van der Waals surface area contributed by atoms with Crippen LogP contribution in [0.15, 0.2) is 47.5 Å². The van der Waals surface area contributed by atoms with E-state index in [1.165, 1.54) is 11.3 Å². The van der Waals surface area contributed by atoms with E-state index >= 15 is 0 Å². The highest BCUT2D eigenvalue weighted by molar-refractivity contribution is 7.15. The van der Waals surface area contributed by atoms with E-state index in [4.69, 9.17) is 33.9 Å². The van der Waals surface area contributed by atoms with Crippen LogP contribution in [0.1, 0.15) is 16.0 Å². The molecule has 0 bridgehead atoms. The van der Waals surface area contributed by atoms with Gasteiger partial charge in [0, 0.05) is 26.7 Å². The summed E-state index contributed by atoms with van der Waals surface area (Å²) in [6, 6.07) is 13.4. The van der Waals surface area contributed by atoms with Gasteiger partial charge in [0.05, 0.1) is 22.8 Å². The molecule has 0 spiro atoms. The smallest absolute Gasteiger partial charge is 0.180 e. The fraction of sp³-hybridized carbons (Fsp3) is 0.0588. The molecule has 2 N–H and O–H groups in total. The molecule has 3 aromatic rings. The molecule has 0 amide bonds. The molecule has 1 aliphatic heterocycles. The number of halogens is 2. The zero-order chi connectivity index (χ0) is 16.0. The maximum Gasteiger partial charge on any atom is 0.180 e. The van der Waals surface area contributed by atoms with Gasteiger partial charge >= 0.3 is 0 Å². The second-order valence-corrected chi connectivity index (χ2v) is 7.12. The number of rotatable bonds is 1. The minimum Gasteiger partial charge on any atom is -0.375 e. The van der Waals surface area contributed by atoms with Gasteiger partial charge in [-0.1, -0.05) is 58.8 Å². The van der Waals surface area contributed by atoms with E-state index in [-0.39, 0.29) is 0 Å². The van der Waals surface area contributed by atoms with E-state index in [0.29, 0.717) is 21.7 Å². The van der Waals surface area contributed by atoms with Gasteiger partial charge in [-0.05, 0) is 18.2 Å². The molecule has 0 radical (unpaired) electrons. The number of hydrogen-bond acceptors (Lipinski definition) is 4. The fourth-order valence-electron chi connectivity index (χ4n) is 2.73. The largest absolute Gasteiger partial charge is 0.375 e. The molecular weight excluding hydrogens is 349 g/mol. The summed E-state index contributed by atoms with van der Waals surface area (Å²) < 4.78 is 0. The predicted octanol–water partition coefficient (Wildman–Crippen LogP) is 5.05. The van der Waals surface area contributed by atoms with Gasteiger partial charge in [0.25, 0.3) is 0 Å². The van der Waals surface area contributed by atoms with E-state index < -0.39 is 0 Å². The highest BCUT2D eigenvalue weighted by Crippen LogP contribution is 2.37. The van der Waals surface area contributed by atoms with E-state index in [0.717, 1.165) is 33.0 Å². The van der Waals surface area contributed by atoms with Gasteiger partial charge in [0.15, 0.2) is 5.13 Å². The summed E-state index contributed by atoms with van der Waals surface area (Å²) in [5, 5.41) is 1.86. The van der Waals surface area contributed by atoms with Crippen LogP contribution >= 0.6 is 34.5 Å². The molecule has 23 heavy (non-hydrogen) atoms. The number of thiazole rings is 1. The first-order valence-corrected chi connectivity index (χ1v) is 8.55. The average Bonchev–Trinajstić information content (AvgIpc) is 2.83. The van der Waals surface area contributed by atoms with Gasteiger partial charge in [0.2, 0.25) is 0 Å². The fourth-order valence-corrected chi connectivity index (χ4v) is 3.89. The quantitative estimate of drug-likeness (QED) is 0.660. The third kappa shape index (κ3) is 2.53. The standard InChI is InChI=1S/C17H11Cl2N3S/c18-9-5-6-10-12(7-9)15(11-3-1-2-4-13(11)19)21-8-14-16(10)22-17(20)23-14/h1-7H,8H2,(H2,20,22). The highest BCUT2D eigenvalue weighted by Gasteiger charge is 2.23. The molecular formula is C17H11Cl2N3S. The molecule has 3 nitrogen and oxygen atoms in total. The number of aromatic nitrogens is 1. The van der Waals surface area contributed by atoms with Crippen molar-refractivity contribution in [2.75, 3.05) is 5.73 Å². The average molecular weight is 360 g/mol. The third-order valence-electron chi connectivity index (χ3n) is 3.72. The van der Waals surface area contributed by atoms with Crippen LogP contribution in [0.3, 0.4) is 0 Å². The Balaban J connectivity index is 2.01. The highest BCUT2D eigenvalue weighted by atomic mass is 35.5. The maximum atomic E-state index is 6.38. The zero-order valence-corrected chi connectivity index (χ0v) is 14.2. The summed E-state index contributed by atoms with van der Waals surface area (Å²) in [6.07, 6.45) is 0. The molecule has 2 aromatic carbocycles. The Morgan fingerprint density at radius 3 is 2.65 bits per heavy atom. The van der Waals surface area contributed by atoms with Gasteiger partial charge in [-0.3, -0.25) is 4.99 Å². The van der Waals surface area contributed by atoms with Gasteiger partial charge in [-0.15, -0.1) is 0 Å². The number of nitrogens with two attached hydrogens (primary N) is 1. The molecule has 0 aliphatic carbocycles. The summed E-state index contributed by atoms with van der Waals surface area (Å²) in [4.78, 5) is 10.3. The van der Waals surface area contributed by atoms with E-state index in [1.54, 1.807) is 0 Å². The van der Waals surface area contributed by atoms with Gasteiger partial charge in [-0.25, -0.2) is 4.98 Å². The first-order chi connectivity index (χ1) is 11.1. The van der Waals surface area contributed by atoms with Crippen LogP contribution < -0.4 is 5.73 Å². The SMILES string of the molecule is Nc1nc2c(s1)CN=C(c1ccccc1Cl)c1cc(Cl)ccc1-2. The first kappa shape index (κ1) is 14.7. The summed E-state index contributed by atoms with van der Waals surface area (Å²) in [5.74, 6) is 0. The van der Waals surface area contributed by atoms with Gasteiger partial charge in [0.1, 0.15) is 0 Å². The van der Waals surface area contributed by atoms with E-state index in [1.807, 2.05) is 42.5 Å². The van der Waals surface area contributed by atoms with Crippen LogP contribution in [0.25, 0.3) is 11.3 Å². The Morgan fingerprint density at radius 1 is 1.00 bits per heavy atom. The Kier molecular flexibility index (Phi) is 3.60. The molecule has 0 saturated heterocycles. The Bertz CT molecular complexity index is 947. The number of anilines is 1. The minimum absolute atomic E-state index is 0.525. The number of nitrogens with zero attached hydrogens (tertiary/aromatic N) is 2. The molecule has 1 aliphatic rings. The van der Waals surface area contributed by atoms with Crippen LogP contribution in [-0.4, -0.2) is 10.7 Å². The lowest BCUT2D eigenvalue weighted by Gasteiger charge is -2.11. The van der Waals surface area contributed by atoms with Gasteiger partial charge < -0.3 is 5.73 Å². The van der Waals surface area contributed by atoms with Gasteiger partial charge in [-0.2, -0.15) is 0 Å². The van der Waals surface area contributed by atoms with Crippen LogP contribution in [-0.2, 0) is 6.54 Å². The molecule has 0 unspecified atom stereocenters. The first-order valence-electron chi connectivity index (χ1n) is 6.98. The molecule has 6 heteroatoms. The maximum absolute atomic E-state index is 6.38. The molecule has 2 heterocycles. The number of fused-ring (bicyclic) bond motifs is 3. The molecule has 0 atom stereocenters. The van der Waals surface area contributed by atoms with E-state index in [9.17, 15) is 0 Å². The van der Waals surface area contributed by atoms with E-state index in [2.05, 4.69) is 4.98 Å².